The Bertz CT molecular complexity index is 331. The fourth-order valence-electron chi connectivity index (χ4n) is 1.66. The summed E-state index contributed by atoms with van der Waals surface area (Å²) in [4.78, 5) is 0. The Morgan fingerprint density at radius 2 is 2.11 bits per heavy atom. The van der Waals surface area contributed by atoms with E-state index in [1.165, 1.54) is 5.56 Å². The van der Waals surface area contributed by atoms with E-state index < -0.39 is 6.10 Å². The van der Waals surface area contributed by atoms with E-state index in [1.54, 1.807) is 7.11 Å². The van der Waals surface area contributed by atoms with Gasteiger partial charge in [0.2, 0.25) is 0 Å². The van der Waals surface area contributed by atoms with E-state index in [-0.39, 0.29) is 0 Å². The Morgan fingerprint density at radius 3 is 2.83 bits per heavy atom. The molecular formula is C14H23NO3. The fourth-order valence-corrected chi connectivity index (χ4v) is 1.66. The fraction of sp³-hybridized carbons (Fsp3) is 0.571. The SMILES string of the molecule is CCOCC(O)CNc1ccccc1CCOC. The summed E-state index contributed by atoms with van der Waals surface area (Å²) in [6.07, 6.45) is 0.377. The number of benzene rings is 1. The first-order valence-corrected chi connectivity index (χ1v) is 6.34. The van der Waals surface area contributed by atoms with E-state index >= 15 is 0 Å². The molecule has 4 nitrogen and oxygen atoms in total. The highest BCUT2D eigenvalue weighted by Gasteiger charge is 2.06. The van der Waals surface area contributed by atoms with Crippen LogP contribution >= 0.6 is 0 Å². The highest BCUT2D eigenvalue weighted by Crippen LogP contribution is 2.15. The Hall–Kier alpha value is -1.10. The molecule has 1 rings (SSSR count). The quantitative estimate of drug-likeness (QED) is 0.703. The average molecular weight is 253 g/mol. The van der Waals surface area contributed by atoms with Crippen LogP contribution in [0, 0.1) is 0 Å². The van der Waals surface area contributed by atoms with Crippen LogP contribution in [0.5, 0.6) is 0 Å². The van der Waals surface area contributed by atoms with Crippen LogP contribution in [-0.2, 0) is 15.9 Å². The van der Waals surface area contributed by atoms with E-state index in [2.05, 4.69) is 11.4 Å². The molecule has 0 saturated carbocycles. The van der Waals surface area contributed by atoms with Gasteiger partial charge in [-0.2, -0.15) is 0 Å². The molecule has 0 heterocycles. The summed E-state index contributed by atoms with van der Waals surface area (Å²) in [5.41, 5.74) is 2.24. The van der Waals surface area contributed by atoms with Crippen molar-refractivity contribution in [3.63, 3.8) is 0 Å². The van der Waals surface area contributed by atoms with Gasteiger partial charge in [0.15, 0.2) is 0 Å². The monoisotopic (exact) mass is 253 g/mol. The van der Waals surface area contributed by atoms with Crippen LogP contribution in [0.1, 0.15) is 12.5 Å². The first-order chi connectivity index (χ1) is 8.77. The molecule has 0 aliphatic carbocycles. The Balaban J connectivity index is 2.45. The Kier molecular flexibility index (Phi) is 7.41. The van der Waals surface area contributed by atoms with Gasteiger partial charge in [0, 0.05) is 25.9 Å². The lowest BCUT2D eigenvalue weighted by atomic mass is 10.1. The lowest BCUT2D eigenvalue weighted by Gasteiger charge is -2.15. The van der Waals surface area contributed by atoms with E-state index in [9.17, 15) is 5.11 Å². The summed E-state index contributed by atoms with van der Waals surface area (Å²) in [5.74, 6) is 0. The molecule has 0 saturated heterocycles. The van der Waals surface area contributed by atoms with Gasteiger partial charge in [-0.05, 0) is 25.0 Å². The minimum absolute atomic E-state index is 0.365. The van der Waals surface area contributed by atoms with Crippen molar-refractivity contribution in [1.29, 1.82) is 0 Å². The van der Waals surface area contributed by atoms with Gasteiger partial charge >= 0.3 is 0 Å². The van der Waals surface area contributed by atoms with Crippen molar-refractivity contribution in [2.75, 3.05) is 38.8 Å². The Labute approximate surface area is 109 Å². The third kappa shape index (κ3) is 5.49. The number of rotatable bonds is 9. The molecule has 0 bridgehead atoms. The van der Waals surface area contributed by atoms with E-state index in [4.69, 9.17) is 9.47 Å². The van der Waals surface area contributed by atoms with Crippen molar-refractivity contribution in [2.24, 2.45) is 0 Å². The van der Waals surface area contributed by atoms with Gasteiger partial charge in [-0.25, -0.2) is 0 Å². The summed E-state index contributed by atoms with van der Waals surface area (Å²) in [6, 6.07) is 8.06. The van der Waals surface area contributed by atoms with Gasteiger partial charge in [0.1, 0.15) is 0 Å². The average Bonchev–Trinajstić information content (AvgIpc) is 2.41. The molecular weight excluding hydrogens is 230 g/mol. The number of aliphatic hydroxyl groups is 1. The predicted molar refractivity (Wildman–Crippen MR) is 73.0 cm³/mol. The molecule has 4 heteroatoms. The van der Waals surface area contributed by atoms with E-state index in [0.717, 1.165) is 12.1 Å². The maximum absolute atomic E-state index is 9.70. The summed E-state index contributed by atoms with van der Waals surface area (Å²) in [6.45, 7) is 4.09. The van der Waals surface area contributed by atoms with Gasteiger partial charge in [-0.1, -0.05) is 18.2 Å². The molecule has 0 amide bonds. The van der Waals surface area contributed by atoms with Crippen molar-refractivity contribution in [3.8, 4) is 0 Å². The van der Waals surface area contributed by atoms with Gasteiger partial charge in [0.25, 0.3) is 0 Å². The van der Waals surface area contributed by atoms with Crippen LogP contribution < -0.4 is 5.32 Å². The topological polar surface area (TPSA) is 50.7 Å². The van der Waals surface area contributed by atoms with Gasteiger partial charge < -0.3 is 19.9 Å². The zero-order valence-corrected chi connectivity index (χ0v) is 11.2. The summed E-state index contributed by atoms with van der Waals surface area (Å²) < 4.78 is 10.3. The molecule has 0 aliphatic heterocycles. The van der Waals surface area contributed by atoms with Gasteiger partial charge in [-0.3, -0.25) is 0 Å². The van der Waals surface area contributed by atoms with Crippen molar-refractivity contribution >= 4 is 5.69 Å². The van der Waals surface area contributed by atoms with Crippen molar-refractivity contribution in [2.45, 2.75) is 19.4 Å². The summed E-state index contributed by atoms with van der Waals surface area (Å²) >= 11 is 0. The number of hydrogen-bond acceptors (Lipinski definition) is 4. The zero-order valence-electron chi connectivity index (χ0n) is 11.2. The maximum atomic E-state index is 9.70. The number of hydrogen-bond donors (Lipinski definition) is 2. The normalized spacial score (nSPS) is 12.4. The number of para-hydroxylation sites is 1. The molecule has 0 spiro atoms. The Morgan fingerprint density at radius 1 is 1.33 bits per heavy atom. The van der Waals surface area contributed by atoms with Gasteiger partial charge in [0.05, 0.1) is 19.3 Å². The molecule has 0 radical (unpaired) electrons. The van der Waals surface area contributed by atoms with Crippen molar-refractivity contribution in [3.05, 3.63) is 29.8 Å². The number of anilines is 1. The highest BCUT2D eigenvalue weighted by atomic mass is 16.5. The predicted octanol–water partition coefficient (Wildman–Crippen LogP) is 1.68. The van der Waals surface area contributed by atoms with E-state index in [1.807, 2.05) is 25.1 Å². The minimum atomic E-state index is -0.486. The summed E-state index contributed by atoms with van der Waals surface area (Å²) in [5, 5.41) is 12.9. The lowest BCUT2D eigenvalue weighted by Crippen LogP contribution is -2.25. The zero-order chi connectivity index (χ0) is 13.2. The van der Waals surface area contributed by atoms with Crippen molar-refractivity contribution < 1.29 is 14.6 Å². The number of aliphatic hydroxyl groups excluding tert-OH is 1. The second kappa shape index (κ2) is 8.91. The molecule has 0 fully saturated rings. The minimum Gasteiger partial charge on any atom is -0.389 e. The third-order valence-corrected chi connectivity index (χ3v) is 2.64. The molecule has 2 N–H and O–H groups in total. The summed E-state index contributed by atoms with van der Waals surface area (Å²) in [7, 11) is 1.70. The smallest absolute Gasteiger partial charge is 0.0945 e. The van der Waals surface area contributed by atoms with Crippen molar-refractivity contribution in [1.82, 2.24) is 0 Å². The number of ether oxygens (including phenoxy) is 2. The van der Waals surface area contributed by atoms with Crippen LogP contribution in [-0.4, -0.2) is 44.7 Å². The standard InChI is InChI=1S/C14H23NO3/c1-3-18-11-13(16)10-15-14-7-5-4-6-12(14)8-9-17-2/h4-7,13,15-16H,3,8-11H2,1-2H3. The van der Waals surface area contributed by atoms with Crippen LogP contribution in [0.15, 0.2) is 24.3 Å². The molecule has 1 unspecified atom stereocenters. The van der Waals surface area contributed by atoms with E-state index in [0.29, 0.717) is 26.4 Å². The second-order valence-corrected chi connectivity index (χ2v) is 4.09. The highest BCUT2D eigenvalue weighted by molar-refractivity contribution is 5.51. The number of methoxy groups -OCH3 is 1. The molecule has 102 valence electrons. The van der Waals surface area contributed by atoms with Crippen LogP contribution in [0.2, 0.25) is 0 Å². The molecule has 18 heavy (non-hydrogen) atoms. The third-order valence-electron chi connectivity index (χ3n) is 2.64. The largest absolute Gasteiger partial charge is 0.389 e. The molecule has 1 aromatic rings. The molecule has 1 atom stereocenters. The molecule has 0 aliphatic rings. The maximum Gasteiger partial charge on any atom is 0.0945 e. The van der Waals surface area contributed by atoms with Gasteiger partial charge in [-0.15, -0.1) is 0 Å². The first kappa shape index (κ1) is 15.0. The molecule has 1 aromatic carbocycles. The number of nitrogens with one attached hydrogen (secondary N) is 1. The second-order valence-electron chi connectivity index (χ2n) is 4.09. The van der Waals surface area contributed by atoms with Crippen LogP contribution in [0.4, 0.5) is 5.69 Å². The molecule has 0 aromatic heterocycles. The lowest BCUT2D eigenvalue weighted by molar-refractivity contribution is 0.0496. The van der Waals surface area contributed by atoms with Crippen LogP contribution in [0.25, 0.3) is 0 Å². The first-order valence-electron chi connectivity index (χ1n) is 6.34. The van der Waals surface area contributed by atoms with Crippen LogP contribution in [0.3, 0.4) is 0 Å².